The number of pyridine rings is 1. The SMILES string of the molecule is CCC(NC(=O)Nc1ccc(OC)c(-n2nnnc2C)c1)c1ccncc1. The molecule has 0 bridgehead atoms. The number of carbonyl (C=O) groups excluding carboxylic acids is 1. The van der Waals surface area contributed by atoms with E-state index in [0.717, 1.165) is 12.0 Å². The maximum atomic E-state index is 12.5. The number of nitrogens with one attached hydrogen (secondary N) is 2. The number of amides is 2. The number of hydrogen-bond acceptors (Lipinski definition) is 6. The van der Waals surface area contributed by atoms with Crippen molar-refractivity contribution in [3.63, 3.8) is 0 Å². The molecule has 2 amide bonds. The summed E-state index contributed by atoms with van der Waals surface area (Å²) in [6, 6.07) is 8.65. The van der Waals surface area contributed by atoms with Crippen molar-refractivity contribution < 1.29 is 9.53 Å². The number of rotatable bonds is 6. The van der Waals surface area contributed by atoms with Gasteiger partial charge in [-0.3, -0.25) is 4.98 Å². The molecule has 3 aromatic rings. The summed E-state index contributed by atoms with van der Waals surface area (Å²) in [6.45, 7) is 3.80. The van der Waals surface area contributed by atoms with Gasteiger partial charge < -0.3 is 15.4 Å². The van der Waals surface area contributed by atoms with Gasteiger partial charge in [0.05, 0.1) is 13.2 Å². The average Bonchev–Trinajstić information content (AvgIpc) is 3.12. The largest absolute Gasteiger partial charge is 0.494 e. The molecule has 140 valence electrons. The molecule has 0 aliphatic rings. The highest BCUT2D eigenvalue weighted by Crippen LogP contribution is 2.26. The molecule has 1 aromatic carbocycles. The molecule has 9 nitrogen and oxygen atoms in total. The van der Waals surface area contributed by atoms with Crippen molar-refractivity contribution >= 4 is 11.7 Å². The number of aryl methyl sites for hydroxylation is 1. The predicted octanol–water partition coefficient (Wildman–Crippen LogP) is 2.65. The highest BCUT2D eigenvalue weighted by atomic mass is 16.5. The number of carbonyl (C=O) groups is 1. The lowest BCUT2D eigenvalue weighted by Gasteiger charge is -2.18. The minimum absolute atomic E-state index is 0.104. The number of tetrazole rings is 1. The van der Waals surface area contributed by atoms with Crippen molar-refractivity contribution in [3.8, 4) is 11.4 Å². The first kappa shape index (κ1) is 18.3. The summed E-state index contributed by atoms with van der Waals surface area (Å²) in [6.07, 6.45) is 4.18. The van der Waals surface area contributed by atoms with E-state index in [1.165, 1.54) is 0 Å². The number of ether oxygens (including phenoxy) is 1. The average molecular weight is 367 g/mol. The Morgan fingerprint density at radius 2 is 2.04 bits per heavy atom. The number of aromatic nitrogens is 5. The lowest BCUT2D eigenvalue weighted by atomic mass is 10.1. The molecule has 0 radical (unpaired) electrons. The highest BCUT2D eigenvalue weighted by Gasteiger charge is 2.15. The van der Waals surface area contributed by atoms with Gasteiger partial charge in [0.15, 0.2) is 5.82 Å². The zero-order chi connectivity index (χ0) is 19.2. The zero-order valence-corrected chi connectivity index (χ0v) is 15.4. The third-order valence-electron chi connectivity index (χ3n) is 4.11. The van der Waals surface area contributed by atoms with Crippen LogP contribution in [0.1, 0.15) is 30.8 Å². The summed E-state index contributed by atoms with van der Waals surface area (Å²) in [5, 5.41) is 17.3. The second-order valence-corrected chi connectivity index (χ2v) is 5.86. The Morgan fingerprint density at radius 3 is 2.67 bits per heavy atom. The molecular formula is C18H21N7O2. The normalized spacial score (nSPS) is 11.7. The summed E-state index contributed by atoms with van der Waals surface area (Å²) in [5.41, 5.74) is 2.24. The van der Waals surface area contributed by atoms with Crippen LogP contribution in [-0.2, 0) is 0 Å². The Bertz CT molecular complexity index is 911. The van der Waals surface area contributed by atoms with E-state index in [0.29, 0.717) is 22.9 Å². The molecule has 0 saturated carbocycles. The molecule has 2 aromatic heterocycles. The van der Waals surface area contributed by atoms with Crippen LogP contribution in [0.3, 0.4) is 0 Å². The Hall–Kier alpha value is -3.49. The van der Waals surface area contributed by atoms with E-state index < -0.39 is 0 Å². The summed E-state index contributed by atoms with van der Waals surface area (Å²) < 4.78 is 6.92. The monoisotopic (exact) mass is 367 g/mol. The van der Waals surface area contributed by atoms with E-state index in [9.17, 15) is 4.79 Å². The van der Waals surface area contributed by atoms with Gasteiger partial charge in [0, 0.05) is 18.1 Å². The quantitative estimate of drug-likeness (QED) is 0.694. The molecule has 0 fully saturated rings. The molecule has 0 aliphatic heterocycles. The predicted molar refractivity (Wildman–Crippen MR) is 99.9 cm³/mol. The van der Waals surface area contributed by atoms with Crippen LogP contribution in [0.2, 0.25) is 0 Å². The maximum Gasteiger partial charge on any atom is 0.319 e. The van der Waals surface area contributed by atoms with Gasteiger partial charge in [-0.1, -0.05) is 6.92 Å². The molecule has 27 heavy (non-hydrogen) atoms. The van der Waals surface area contributed by atoms with Crippen molar-refractivity contribution in [1.82, 2.24) is 30.5 Å². The van der Waals surface area contributed by atoms with Gasteiger partial charge in [-0.15, -0.1) is 5.10 Å². The first-order valence-corrected chi connectivity index (χ1v) is 8.53. The standard InChI is InChI=1S/C18H21N7O2/c1-4-15(13-7-9-19-10-8-13)21-18(26)20-14-5-6-17(27-3)16(11-14)25-12(2)22-23-24-25/h5-11,15H,4H2,1-3H3,(H2,20,21,26). The van der Waals surface area contributed by atoms with E-state index >= 15 is 0 Å². The van der Waals surface area contributed by atoms with Crippen molar-refractivity contribution in [3.05, 3.63) is 54.1 Å². The molecule has 1 unspecified atom stereocenters. The number of nitrogens with zero attached hydrogens (tertiary/aromatic N) is 5. The topological polar surface area (TPSA) is 107 Å². The van der Waals surface area contributed by atoms with Crippen LogP contribution in [0, 0.1) is 6.92 Å². The van der Waals surface area contributed by atoms with E-state index in [-0.39, 0.29) is 12.1 Å². The summed E-state index contributed by atoms with van der Waals surface area (Å²) in [5.74, 6) is 1.21. The molecule has 2 heterocycles. The Balaban J connectivity index is 1.77. The van der Waals surface area contributed by atoms with E-state index in [4.69, 9.17) is 4.74 Å². The first-order chi connectivity index (χ1) is 13.1. The fourth-order valence-corrected chi connectivity index (χ4v) is 2.73. The van der Waals surface area contributed by atoms with Gasteiger partial charge >= 0.3 is 6.03 Å². The van der Waals surface area contributed by atoms with Gasteiger partial charge in [-0.25, -0.2) is 4.79 Å². The number of urea groups is 1. The summed E-state index contributed by atoms with van der Waals surface area (Å²) in [4.78, 5) is 16.5. The second kappa shape index (κ2) is 8.26. The van der Waals surface area contributed by atoms with Crippen molar-refractivity contribution in [2.45, 2.75) is 26.3 Å². The Labute approximate surface area is 156 Å². The Morgan fingerprint density at radius 1 is 1.26 bits per heavy atom. The maximum absolute atomic E-state index is 12.5. The van der Waals surface area contributed by atoms with Gasteiger partial charge in [0.25, 0.3) is 0 Å². The van der Waals surface area contributed by atoms with Crippen LogP contribution in [0.15, 0.2) is 42.7 Å². The third-order valence-corrected chi connectivity index (χ3v) is 4.11. The fraction of sp³-hybridized carbons (Fsp3) is 0.278. The van der Waals surface area contributed by atoms with Gasteiger partial charge in [0.2, 0.25) is 0 Å². The lowest BCUT2D eigenvalue weighted by molar-refractivity contribution is 0.248. The van der Waals surface area contributed by atoms with Crippen LogP contribution in [0.4, 0.5) is 10.5 Å². The van der Waals surface area contributed by atoms with Crippen molar-refractivity contribution in [1.29, 1.82) is 0 Å². The van der Waals surface area contributed by atoms with Crippen LogP contribution < -0.4 is 15.4 Å². The highest BCUT2D eigenvalue weighted by molar-refractivity contribution is 5.90. The summed E-state index contributed by atoms with van der Waals surface area (Å²) in [7, 11) is 1.57. The van der Waals surface area contributed by atoms with E-state index in [2.05, 4.69) is 31.1 Å². The number of hydrogen-bond donors (Lipinski definition) is 2. The van der Waals surface area contributed by atoms with Crippen molar-refractivity contribution in [2.24, 2.45) is 0 Å². The van der Waals surface area contributed by atoms with Crippen LogP contribution in [0.25, 0.3) is 5.69 Å². The molecular weight excluding hydrogens is 346 g/mol. The van der Waals surface area contributed by atoms with Gasteiger partial charge in [0.1, 0.15) is 11.4 Å². The number of benzene rings is 1. The number of anilines is 1. The summed E-state index contributed by atoms with van der Waals surface area (Å²) >= 11 is 0. The first-order valence-electron chi connectivity index (χ1n) is 8.53. The van der Waals surface area contributed by atoms with Gasteiger partial charge in [-0.2, -0.15) is 4.68 Å². The number of methoxy groups -OCH3 is 1. The fourth-order valence-electron chi connectivity index (χ4n) is 2.73. The van der Waals surface area contributed by atoms with Gasteiger partial charge in [-0.05, 0) is 59.7 Å². The molecule has 0 saturated heterocycles. The van der Waals surface area contributed by atoms with Crippen molar-refractivity contribution in [2.75, 3.05) is 12.4 Å². The Kier molecular flexibility index (Phi) is 5.60. The minimum atomic E-state index is -0.303. The second-order valence-electron chi connectivity index (χ2n) is 5.86. The molecule has 0 spiro atoms. The van der Waals surface area contributed by atoms with Crippen LogP contribution in [-0.4, -0.2) is 38.3 Å². The third kappa shape index (κ3) is 4.20. The molecule has 0 aliphatic carbocycles. The molecule has 1 atom stereocenters. The van der Waals surface area contributed by atoms with E-state index in [1.807, 2.05) is 19.1 Å². The minimum Gasteiger partial charge on any atom is -0.494 e. The smallest absolute Gasteiger partial charge is 0.319 e. The van der Waals surface area contributed by atoms with Crippen LogP contribution in [0.5, 0.6) is 5.75 Å². The van der Waals surface area contributed by atoms with Crippen LogP contribution >= 0.6 is 0 Å². The molecule has 3 rings (SSSR count). The van der Waals surface area contributed by atoms with E-state index in [1.54, 1.807) is 49.3 Å². The zero-order valence-electron chi connectivity index (χ0n) is 15.4. The molecule has 9 heteroatoms. The lowest BCUT2D eigenvalue weighted by Crippen LogP contribution is -2.32. The molecule has 2 N–H and O–H groups in total.